The largest absolute Gasteiger partial charge is 0.427 e. The maximum Gasteiger partial charge on any atom is 0.298 e. The van der Waals surface area contributed by atoms with E-state index >= 15 is 0 Å². The molecule has 0 radical (unpaired) electrons. The maximum absolute atomic E-state index is 9.77. The summed E-state index contributed by atoms with van der Waals surface area (Å²) in [4.78, 5) is 9.77. The summed E-state index contributed by atoms with van der Waals surface area (Å²) in [6, 6.07) is 1.39. The smallest absolute Gasteiger partial charge is 0.298 e. The van der Waals surface area contributed by atoms with E-state index in [2.05, 4.69) is 14.9 Å². The number of rotatable bonds is 2. The minimum absolute atomic E-state index is 0.194. The summed E-state index contributed by atoms with van der Waals surface area (Å²) < 4.78 is 4.42. The molecule has 4 nitrogen and oxygen atoms in total. The first-order chi connectivity index (χ1) is 4.83. The zero-order valence-electron chi connectivity index (χ0n) is 4.82. The van der Waals surface area contributed by atoms with Gasteiger partial charge in [0.25, 0.3) is 6.47 Å². The molecule has 52 valence electrons. The van der Waals surface area contributed by atoms with E-state index in [4.69, 9.17) is 11.6 Å². The first-order valence-corrected chi connectivity index (χ1v) is 2.79. The van der Waals surface area contributed by atoms with E-state index in [1.54, 1.807) is 0 Å². The van der Waals surface area contributed by atoms with Crippen molar-refractivity contribution in [2.45, 2.75) is 0 Å². The Kier molecular flexibility index (Phi) is 2.17. The summed E-state index contributed by atoms with van der Waals surface area (Å²) in [7, 11) is 0. The van der Waals surface area contributed by atoms with Crippen LogP contribution in [0.2, 0.25) is 5.15 Å². The van der Waals surface area contributed by atoms with E-state index in [0.29, 0.717) is 6.47 Å². The first kappa shape index (κ1) is 6.95. The molecule has 0 fully saturated rings. The lowest BCUT2D eigenvalue weighted by molar-refractivity contribution is -0.120. The molecule has 5 heteroatoms. The SMILES string of the molecule is O=COc1cnnc(Cl)c1. The van der Waals surface area contributed by atoms with Crippen molar-refractivity contribution in [1.82, 2.24) is 10.2 Å². The lowest BCUT2D eigenvalue weighted by Gasteiger charge is -1.93. The third-order valence-electron chi connectivity index (χ3n) is 0.784. The van der Waals surface area contributed by atoms with E-state index in [0.717, 1.165) is 0 Å². The lowest BCUT2D eigenvalue weighted by atomic mass is 10.5. The van der Waals surface area contributed by atoms with Crippen molar-refractivity contribution >= 4 is 18.1 Å². The van der Waals surface area contributed by atoms with Gasteiger partial charge in [-0.25, -0.2) is 0 Å². The van der Waals surface area contributed by atoms with E-state index in [1.165, 1.54) is 12.3 Å². The van der Waals surface area contributed by atoms with Crippen LogP contribution in [0.15, 0.2) is 12.3 Å². The van der Waals surface area contributed by atoms with Gasteiger partial charge in [-0.3, -0.25) is 4.79 Å². The molecule has 0 aliphatic rings. The van der Waals surface area contributed by atoms with Crippen LogP contribution in [0, 0.1) is 0 Å². The van der Waals surface area contributed by atoms with Crippen molar-refractivity contribution in [2.75, 3.05) is 0 Å². The summed E-state index contributed by atoms with van der Waals surface area (Å²) in [6.07, 6.45) is 1.29. The van der Waals surface area contributed by atoms with Gasteiger partial charge in [-0.2, -0.15) is 5.10 Å². The van der Waals surface area contributed by atoms with Gasteiger partial charge in [-0.1, -0.05) is 11.6 Å². The van der Waals surface area contributed by atoms with E-state index in [-0.39, 0.29) is 10.9 Å². The predicted molar refractivity (Wildman–Crippen MR) is 33.7 cm³/mol. The van der Waals surface area contributed by atoms with Gasteiger partial charge in [0, 0.05) is 6.07 Å². The van der Waals surface area contributed by atoms with E-state index < -0.39 is 0 Å². The Balaban J connectivity index is 2.84. The van der Waals surface area contributed by atoms with Crippen LogP contribution in [0.3, 0.4) is 0 Å². The second-order valence-corrected chi connectivity index (χ2v) is 1.82. The molecule has 0 spiro atoms. The van der Waals surface area contributed by atoms with Crippen molar-refractivity contribution < 1.29 is 9.53 Å². The first-order valence-electron chi connectivity index (χ1n) is 2.41. The molecular formula is C5H3ClN2O2. The third-order valence-corrected chi connectivity index (χ3v) is 0.969. The molecular weight excluding hydrogens is 156 g/mol. The highest BCUT2D eigenvalue weighted by Crippen LogP contribution is 2.11. The monoisotopic (exact) mass is 158 g/mol. The normalized spacial score (nSPS) is 8.90. The topological polar surface area (TPSA) is 52.1 Å². The number of hydrogen-bond donors (Lipinski definition) is 0. The molecule has 1 heterocycles. The Hall–Kier alpha value is -1.16. The van der Waals surface area contributed by atoms with Crippen LogP contribution in [-0.4, -0.2) is 16.7 Å². The van der Waals surface area contributed by atoms with Gasteiger partial charge in [-0.15, -0.1) is 5.10 Å². The summed E-state index contributed by atoms with van der Waals surface area (Å²) in [6.45, 7) is 0.299. The highest BCUT2D eigenvalue weighted by molar-refractivity contribution is 6.29. The summed E-state index contributed by atoms with van der Waals surface area (Å²) >= 11 is 5.41. The van der Waals surface area contributed by atoms with Crippen molar-refractivity contribution in [3.05, 3.63) is 17.4 Å². The second-order valence-electron chi connectivity index (χ2n) is 1.43. The minimum Gasteiger partial charge on any atom is -0.427 e. The van der Waals surface area contributed by atoms with Crippen molar-refractivity contribution in [2.24, 2.45) is 0 Å². The average molecular weight is 159 g/mol. The summed E-state index contributed by atoms with van der Waals surface area (Å²) in [5, 5.41) is 7.07. The van der Waals surface area contributed by atoms with Gasteiger partial charge in [-0.05, 0) is 0 Å². The summed E-state index contributed by atoms with van der Waals surface area (Å²) in [5.41, 5.74) is 0. The van der Waals surface area contributed by atoms with Crippen LogP contribution in [0.4, 0.5) is 0 Å². The fraction of sp³-hybridized carbons (Fsp3) is 0. The van der Waals surface area contributed by atoms with E-state index in [1.807, 2.05) is 0 Å². The molecule has 0 aliphatic heterocycles. The average Bonchev–Trinajstić information content (AvgIpc) is 1.88. The maximum atomic E-state index is 9.77. The van der Waals surface area contributed by atoms with E-state index in [9.17, 15) is 4.79 Å². The van der Waals surface area contributed by atoms with Crippen molar-refractivity contribution in [1.29, 1.82) is 0 Å². The Labute approximate surface area is 61.8 Å². The van der Waals surface area contributed by atoms with Gasteiger partial charge in [0.2, 0.25) is 0 Å². The Bertz CT molecular complexity index is 241. The molecule has 0 saturated carbocycles. The highest BCUT2D eigenvalue weighted by Gasteiger charge is 1.93. The molecule has 0 N–H and O–H groups in total. The number of carbonyl (C=O) groups excluding carboxylic acids is 1. The van der Waals surface area contributed by atoms with Gasteiger partial charge < -0.3 is 4.74 Å². The molecule has 0 aliphatic carbocycles. The van der Waals surface area contributed by atoms with Gasteiger partial charge in [0.15, 0.2) is 10.9 Å². The highest BCUT2D eigenvalue weighted by atomic mass is 35.5. The number of aromatic nitrogens is 2. The van der Waals surface area contributed by atoms with Crippen LogP contribution in [0.5, 0.6) is 5.75 Å². The van der Waals surface area contributed by atoms with Crippen LogP contribution in [0.1, 0.15) is 0 Å². The van der Waals surface area contributed by atoms with Crippen LogP contribution in [0.25, 0.3) is 0 Å². The van der Waals surface area contributed by atoms with Crippen LogP contribution < -0.4 is 4.74 Å². The predicted octanol–water partition coefficient (Wildman–Crippen LogP) is 0.665. The molecule has 0 aromatic carbocycles. The summed E-state index contributed by atoms with van der Waals surface area (Å²) in [5.74, 6) is 0.287. The fourth-order valence-corrected chi connectivity index (χ4v) is 0.596. The molecule has 10 heavy (non-hydrogen) atoms. The quantitative estimate of drug-likeness (QED) is 0.594. The molecule has 0 bridgehead atoms. The molecule has 1 aromatic rings. The lowest BCUT2D eigenvalue weighted by Crippen LogP contribution is -1.90. The minimum atomic E-state index is 0.194. The molecule has 0 unspecified atom stereocenters. The number of hydrogen-bond acceptors (Lipinski definition) is 4. The molecule has 0 saturated heterocycles. The number of halogens is 1. The zero-order valence-corrected chi connectivity index (χ0v) is 5.58. The standard InChI is InChI=1S/C5H3ClN2O2/c6-5-1-4(10-3-9)2-7-8-5/h1-3H. The van der Waals surface area contributed by atoms with Crippen molar-refractivity contribution in [3.8, 4) is 5.75 Å². The Morgan fingerprint density at radius 3 is 3.10 bits per heavy atom. The molecule has 1 aromatic heterocycles. The Morgan fingerprint density at radius 2 is 2.50 bits per heavy atom. The van der Waals surface area contributed by atoms with Gasteiger partial charge in [0.05, 0.1) is 6.20 Å². The second kappa shape index (κ2) is 3.12. The zero-order chi connectivity index (χ0) is 7.40. The van der Waals surface area contributed by atoms with Crippen LogP contribution >= 0.6 is 11.6 Å². The molecule has 1 rings (SSSR count). The number of nitrogens with zero attached hydrogens (tertiary/aromatic N) is 2. The van der Waals surface area contributed by atoms with Gasteiger partial charge in [0.1, 0.15) is 0 Å². The van der Waals surface area contributed by atoms with Crippen LogP contribution in [-0.2, 0) is 4.79 Å². The fourth-order valence-electron chi connectivity index (χ4n) is 0.444. The molecule has 0 amide bonds. The Morgan fingerprint density at radius 1 is 1.70 bits per heavy atom. The molecule has 0 atom stereocenters. The number of carbonyl (C=O) groups is 1. The van der Waals surface area contributed by atoms with Crippen molar-refractivity contribution in [3.63, 3.8) is 0 Å². The van der Waals surface area contributed by atoms with Gasteiger partial charge >= 0.3 is 0 Å². The third kappa shape index (κ3) is 1.66. The number of ether oxygens (including phenoxy) is 1.